The van der Waals surface area contributed by atoms with Gasteiger partial charge < -0.3 is 10.1 Å². The largest absolute Gasteiger partial charge is 0.497 e. The van der Waals surface area contributed by atoms with Crippen molar-refractivity contribution in [3.05, 3.63) is 77.2 Å². The lowest BCUT2D eigenvalue weighted by Crippen LogP contribution is -2.27. The van der Waals surface area contributed by atoms with Crippen LogP contribution in [-0.4, -0.2) is 28.5 Å². The van der Waals surface area contributed by atoms with E-state index in [1.807, 2.05) is 31.2 Å². The van der Waals surface area contributed by atoms with E-state index in [2.05, 4.69) is 5.32 Å². The maximum absolute atomic E-state index is 12.6. The molecule has 0 aliphatic carbocycles. The molecule has 1 heterocycles. The molecule has 3 aromatic rings. The van der Waals surface area contributed by atoms with Crippen molar-refractivity contribution in [3.63, 3.8) is 0 Å². The third-order valence-electron chi connectivity index (χ3n) is 4.57. The molecule has 0 unspecified atom stereocenters. The van der Waals surface area contributed by atoms with Crippen LogP contribution < -0.4 is 14.4 Å². The number of thiophene rings is 1. The number of nitrogens with one attached hydrogen (secondary N) is 1. The van der Waals surface area contributed by atoms with Crippen molar-refractivity contribution >= 4 is 33.0 Å². The van der Waals surface area contributed by atoms with Crippen molar-refractivity contribution in [2.24, 2.45) is 0 Å². The lowest BCUT2D eigenvalue weighted by atomic mass is 10.1. The predicted octanol–water partition coefficient (Wildman–Crippen LogP) is 4.07. The highest BCUT2D eigenvalue weighted by molar-refractivity contribution is 7.94. The van der Waals surface area contributed by atoms with Gasteiger partial charge >= 0.3 is 0 Å². The van der Waals surface area contributed by atoms with Crippen LogP contribution in [0.2, 0.25) is 0 Å². The Bertz CT molecular complexity index is 1060. The first kappa shape index (κ1) is 20.9. The Hall–Kier alpha value is -2.84. The highest BCUT2D eigenvalue weighted by Gasteiger charge is 2.22. The van der Waals surface area contributed by atoms with Crippen molar-refractivity contribution in [1.29, 1.82) is 0 Å². The quantitative estimate of drug-likeness (QED) is 0.613. The van der Waals surface area contributed by atoms with Gasteiger partial charge in [0.05, 0.1) is 18.8 Å². The molecule has 0 aliphatic heterocycles. The number of hydrogen-bond acceptors (Lipinski definition) is 5. The summed E-state index contributed by atoms with van der Waals surface area (Å²) in [5.74, 6) is 0.521. The molecule has 1 atom stereocenters. The van der Waals surface area contributed by atoms with Gasteiger partial charge in [-0.25, -0.2) is 8.42 Å². The minimum Gasteiger partial charge on any atom is -0.497 e. The van der Waals surface area contributed by atoms with Gasteiger partial charge in [-0.2, -0.15) is 0 Å². The average molecular weight is 431 g/mol. The number of rotatable bonds is 7. The molecule has 0 bridgehead atoms. The number of methoxy groups -OCH3 is 1. The first-order chi connectivity index (χ1) is 13.8. The van der Waals surface area contributed by atoms with Gasteiger partial charge in [0, 0.05) is 12.6 Å². The van der Waals surface area contributed by atoms with Gasteiger partial charge in [-0.05, 0) is 60.3 Å². The fourth-order valence-electron chi connectivity index (χ4n) is 2.76. The maximum atomic E-state index is 12.6. The van der Waals surface area contributed by atoms with Crippen LogP contribution in [0.5, 0.6) is 5.75 Å². The van der Waals surface area contributed by atoms with Gasteiger partial charge in [-0.15, -0.1) is 11.3 Å². The van der Waals surface area contributed by atoms with Gasteiger partial charge in [0.15, 0.2) is 0 Å². The zero-order chi connectivity index (χ0) is 21.0. The number of carbonyl (C=O) groups is 1. The van der Waals surface area contributed by atoms with Gasteiger partial charge in [-0.3, -0.25) is 9.10 Å². The average Bonchev–Trinajstić information content (AvgIpc) is 3.29. The van der Waals surface area contributed by atoms with Crippen molar-refractivity contribution in [2.45, 2.75) is 17.2 Å². The Morgan fingerprint density at radius 2 is 1.72 bits per heavy atom. The van der Waals surface area contributed by atoms with Crippen LogP contribution in [-0.2, 0) is 10.0 Å². The van der Waals surface area contributed by atoms with Crippen LogP contribution in [0.15, 0.2) is 70.3 Å². The number of nitrogens with zero attached hydrogens (tertiary/aromatic N) is 1. The molecule has 0 radical (unpaired) electrons. The fourth-order valence-corrected chi connectivity index (χ4v) is 5.12. The Morgan fingerprint density at radius 3 is 2.28 bits per heavy atom. The number of benzene rings is 2. The van der Waals surface area contributed by atoms with Gasteiger partial charge in [0.25, 0.3) is 15.9 Å². The van der Waals surface area contributed by atoms with E-state index in [4.69, 9.17) is 4.74 Å². The summed E-state index contributed by atoms with van der Waals surface area (Å²) >= 11 is 1.17. The zero-order valence-corrected chi connectivity index (χ0v) is 18.0. The lowest BCUT2D eigenvalue weighted by molar-refractivity contribution is 0.0940. The van der Waals surface area contributed by atoms with E-state index in [9.17, 15) is 13.2 Å². The van der Waals surface area contributed by atoms with Gasteiger partial charge in [0.2, 0.25) is 0 Å². The van der Waals surface area contributed by atoms with Crippen molar-refractivity contribution < 1.29 is 17.9 Å². The molecule has 0 fully saturated rings. The van der Waals surface area contributed by atoms with E-state index in [1.54, 1.807) is 48.9 Å². The summed E-state index contributed by atoms with van der Waals surface area (Å²) in [6.45, 7) is 1.90. The number of sulfonamides is 1. The number of hydrogen-bond donors (Lipinski definition) is 1. The third-order valence-corrected chi connectivity index (χ3v) is 7.72. The second-order valence-electron chi connectivity index (χ2n) is 6.42. The molecule has 2 aromatic carbocycles. The van der Waals surface area contributed by atoms with Crippen molar-refractivity contribution in [3.8, 4) is 5.75 Å². The van der Waals surface area contributed by atoms with E-state index in [0.717, 1.165) is 11.3 Å². The van der Waals surface area contributed by atoms with Gasteiger partial charge in [-0.1, -0.05) is 18.2 Å². The molecule has 1 aromatic heterocycles. The summed E-state index contributed by atoms with van der Waals surface area (Å²) in [6, 6.07) is 17.0. The molecular formula is C21H22N2O4S2. The minimum absolute atomic E-state index is 0.185. The van der Waals surface area contributed by atoms with Crippen LogP contribution in [0.1, 0.15) is 28.9 Å². The van der Waals surface area contributed by atoms with E-state index in [0.29, 0.717) is 11.3 Å². The Kier molecular flexibility index (Phi) is 6.24. The summed E-state index contributed by atoms with van der Waals surface area (Å²) in [5, 5.41) is 4.66. The van der Waals surface area contributed by atoms with Crippen LogP contribution >= 0.6 is 11.3 Å². The molecule has 1 N–H and O–H groups in total. The topological polar surface area (TPSA) is 75.7 Å². The van der Waals surface area contributed by atoms with E-state index in [-0.39, 0.29) is 16.2 Å². The molecule has 0 aliphatic rings. The molecular weight excluding hydrogens is 408 g/mol. The van der Waals surface area contributed by atoms with Crippen LogP contribution in [0.3, 0.4) is 0 Å². The molecule has 29 heavy (non-hydrogen) atoms. The smallest absolute Gasteiger partial charge is 0.273 e. The molecule has 3 rings (SSSR count). The first-order valence-electron chi connectivity index (χ1n) is 8.90. The highest BCUT2D eigenvalue weighted by Crippen LogP contribution is 2.25. The first-order valence-corrected chi connectivity index (χ1v) is 11.2. The van der Waals surface area contributed by atoms with Crippen molar-refractivity contribution in [1.82, 2.24) is 5.32 Å². The number of ether oxygens (including phenoxy) is 1. The zero-order valence-electron chi connectivity index (χ0n) is 16.3. The Morgan fingerprint density at radius 1 is 1.07 bits per heavy atom. The van der Waals surface area contributed by atoms with E-state index >= 15 is 0 Å². The summed E-state index contributed by atoms with van der Waals surface area (Å²) in [7, 11) is -0.501. The molecule has 0 saturated heterocycles. The summed E-state index contributed by atoms with van der Waals surface area (Å²) < 4.78 is 31.8. The maximum Gasteiger partial charge on any atom is 0.273 e. The molecule has 0 spiro atoms. The normalized spacial score (nSPS) is 12.2. The van der Waals surface area contributed by atoms with Crippen LogP contribution in [0, 0.1) is 0 Å². The number of anilines is 1. The molecule has 1 amide bonds. The summed E-state index contributed by atoms with van der Waals surface area (Å²) in [6.07, 6.45) is 0. The van der Waals surface area contributed by atoms with Crippen LogP contribution in [0.25, 0.3) is 0 Å². The fraction of sp³-hybridized carbons (Fsp3) is 0.190. The number of carbonyl (C=O) groups excluding carboxylic acids is 1. The lowest BCUT2D eigenvalue weighted by Gasteiger charge is -2.19. The van der Waals surface area contributed by atoms with E-state index in [1.165, 1.54) is 22.7 Å². The summed E-state index contributed by atoms with van der Waals surface area (Å²) in [4.78, 5) is 12.6. The minimum atomic E-state index is -3.60. The summed E-state index contributed by atoms with van der Waals surface area (Å²) in [5.41, 5.74) is 1.90. The Labute approximate surface area is 174 Å². The monoisotopic (exact) mass is 430 g/mol. The highest BCUT2D eigenvalue weighted by atomic mass is 32.2. The predicted molar refractivity (Wildman–Crippen MR) is 115 cm³/mol. The number of amides is 1. The standard InChI is InChI=1S/C21H22N2O4S2/c1-15(16-8-12-19(27-3)13-9-16)22-21(24)17-6-10-18(11-7-17)23(2)29(25,26)20-5-4-14-28-20/h4-15H,1-3H3,(H,22,24)/t15-/m1/s1. The Balaban J connectivity index is 1.69. The molecule has 152 valence electrons. The van der Waals surface area contributed by atoms with Gasteiger partial charge in [0.1, 0.15) is 9.96 Å². The van der Waals surface area contributed by atoms with E-state index < -0.39 is 10.0 Å². The second kappa shape index (κ2) is 8.67. The third kappa shape index (κ3) is 4.60. The molecule has 0 saturated carbocycles. The van der Waals surface area contributed by atoms with Crippen LogP contribution in [0.4, 0.5) is 5.69 Å². The SMILES string of the molecule is COc1ccc([C@@H](C)NC(=O)c2ccc(N(C)S(=O)(=O)c3cccs3)cc2)cc1. The molecule has 6 nitrogen and oxygen atoms in total. The van der Waals surface area contributed by atoms with Crippen molar-refractivity contribution in [2.75, 3.05) is 18.5 Å². The second-order valence-corrected chi connectivity index (χ2v) is 9.56. The molecule has 8 heteroatoms.